The number of hydrazine groups is 1. The van der Waals surface area contributed by atoms with Crippen molar-refractivity contribution in [2.45, 2.75) is 76.8 Å². The predicted octanol–water partition coefficient (Wildman–Crippen LogP) is 3.01. The van der Waals surface area contributed by atoms with E-state index in [1.807, 2.05) is 16.7 Å². The third-order valence-electron chi connectivity index (χ3n) is 6.31. The van der Waals surface area contributed by atoms with Crippen molar-refractivity contribution in [1.82, 2.24) is 15.8 Å². The smallest absolute Gasteiger partial charge is 0.249 e. The minimum atomic E-state index is 0.110. The highest BCUT2D eigenvalue weighted by Gasteiger charge is 2.34. The summed E-state index contributed by atoms with van der Waals surface area (Å²) in [6.07, 6.45) is 7.44. The zero-order valence-corrected chi connectivity index (χ0v) is 17.5. The van der Waals surface area contributed by atoms with Crippen molar-refractivity contribution in [3.63, 3.8) is 0 Å². The second-order valence-corrected chi connectivity index (χ2v) is 10.1. The summed E-state index contributed by atoms with van der Waals surface area (Å²) in [5.41, 5.74) is 6.45. The number of hydrogen-bond donors (Lipinski definition) is 2. The number of carbonyl (C=O) groups is 1. The Morgan fingerprint density at radius 3 is 2.77 bits per heavy atom. The van der Waals surface area contributed by atoms with Crippen LogP contribution in [0.25, 0.3) is 0 Å². The number of thioether (sulfide) groups is 1. The SMILES string of the molecule is CC1CCC(C(C)C)C(OCC(=O)N(CC2CCCS2)C2CCNN2)C1. The lowest BCUT2D eigenvalue weighted by Gasteiger charge is -2.38. The molecule has 0 bridgehead atoms. The summed E-state index contributed by atoms with van der Waals surface area (Å²) in [4.78, 5) is 15.1. The Bertz CT molecular complexity index is 450. The number of carbonyl (C=O) groups excluding carboxylic acids is 1. The van der Waals surface area contributed by atoms with Gasteiger partial charge in [0.25, 0.3) is 0 Å². The molecule has 5 unspecified atom stereocenters. The Hall–Kier alpha value is -0.300. The molecule has 0 aromatic rings. The second kappa shape index (κ2) is 9.76. The van der Waals surface area contributed by atoms with Gasteiger partial charge in [0.2, 0.25) is 5.91 Å². The Balaban J connectivity index is 1.57. The fourth-order valence-electron chi connectivity index (χ4n) is 4.68. The molecular formula is C20H37N3O2S. The summed E-state index contributed by atoms with van der Waals surface area (Å²) in [6.45, 7) is 8.89. The van der Waals surface area contributed by atoms with Crippen LogP contribution >= 0.6 is 11.8 Å². The number of nitrogens with one attached hydrogen (secondary N) is 2. The highest BCUT2D eigenvalue weighted by molar-refractivity contribution is 8.00. The minimum absolute atomic E-state index is 0.110. The molecule has 2 N–H and O–H groups in total. The van der Waals surface area contributed by atoms with Crippen molar-refractivity contribution >= 4 is 17.7 Å². The molecule has 150 valence electrons. The first kappa shape index (κ1) is 20.4. The third-order valence-corrected chi connectivity index (χ3v) is 7.70. The fourth-order valence-corrected chi connectivity index (χ4v) is 5.95. The maximum absolute atomic E-state index is 13.0. The lowest BCUT2D eigenvalue weighted by atomic mass is 9.75. The molecule has 3 rings (SSSR count). The Morgan fingerprint density at radius 2 is 2.12 bits per heavy atom. The number of ether oxygens (including phenoxy) is 1. The number of nitrogens with zero attached hydrogens (tertiary/aromatic N) is 1. The number of amides is 1. The van der Waals surface area contributed by atoms with Crippen LogP contribution in [0.1, 0.15) is 59.3 Å². The normalized spacial score (nSPS) is 35.2. The van der Waals surface area contributed by atoms with Crippen molar-refractivity contribution in [2.24, 2.45) is 17.8 Å². The van der Waals surface area contributed by atoms with Gasteiger partial charge in [0, 0.05) is 18.3 Å². The molecule has 0 radical (unpaired) electrons. The van der Waals surface area contributed by atoms with E-state index in [2.05, 4.69) is 31.6 Å². The molecule has 6 heteroatoms. The van der Waals surface area contributed by atoms with Crippen LogP contribution in [0.2, 0.25) is 0 Å². The maximum Gasteiger partial charge on any atom is 0.249 e. The van der Waals surface area contributed by atoms with Crippen LogP contribution in [0, 0.1) is 17.8 Å². The molecule has 5 atom stereocenters. The summed E-state index contributed by atoms with van der Waals surface area (Å²) in [7, 11) is 0. The standard InChI is InChI=1S/C20H37N3O2S/c1-14(2)17-7-6-15(3)11-18(17)25-13-20(24)23(19-8-9-21-22-19)12-16-5-4-10-26-16/h14-19,21-22H,4-13H2,1-3H3. The van der Waals surface area contributed by atoms with E-state index < -0.39 is 0 Å². The van der Waals surface area contributed by atoms with E-state index in [0.717, 1.165) is 25.9 Å². The molecule has 2 heterocycles. The van der Waals surface area contributed by atoms with E-state index in [0.29, 0.717) is 23.0 Å². The van der Waals surface area contributed by atoms with Crippen molar-refractivity contribution < 1.29 is 9.53 Å². The van der Waals surface area contributed by atoms with E-state index >= 15 is 0 Å². The lowest BCUT2D eigenvalue weighted by molar-refractivity contribution is -0.144. The van der Waals surface area contributed by atoms with E-state index in [1.165, 1.54) is 31.4 Å². The van der Waals surface area contributed by atoms with Crippen LogP contribution in [-0.2, 0) is 9.53 Å². The molecule has 3 aliphatic rings. The number of rotatable bonds is 7. The van der Waals surface area contributed by atoms with E-state index in [-0.39, 0.29) is 24.8 Å². The van der Waals surface area contributed by atoms with Gasteiger partial charge in [-0.05, 0) is 55.6 Å². The predicted molar refractivity (Wildman–Crippen MR) is 108 cm³/mol. The molecule has 2 aliphatic heterocycles. The van der Waals surface area contributed by atoms with Gasteiger partial charge in [0.1, 0.15) is 6.61 Å². The van der Waals surface area contributed by atoms with Crippen LogP contribution in [0.3, 0.4) is 0 Å². The molecular weight excluding hydrogens is 346 g/mol. The quantitative estimate of drug-likeness (QED) is 0.708. The van der Waals surface area contributed by atoms with Crippen molar-refractivity contribution in [2.75, 3.05) is 25.4 Å². The van der Waals surface area contributed by atoms with Crippen LogP contribution in [0.15, 0.2) is 0 Å². The lowest BCUT2D eigenvalue weighted by Crippen LogP contribution is -2.51. The van der Waals surface area contributed by atoms with Gasteiger partial charge in [0.15, 0.2) is 0 Å². The Kier molecular flexibility index (Phi) is 7.67. The molecule has 1 saturated carbocycles. The van der Waals surface area contributed by atoms with Crippen molar-refractivity contribution in [3.05, 3.63) is 0 Å². The summed E-state index contributed by atoms with van der Waals surface area (Å²) < 4.78 is 6.25. The summed E-state index contributed by atoms with van der Waals surface area (Å²) in [5.74, 6) is 3.30. The first-order valence-corrected chi connectivity index (χ1v) is 11.6. The molecule has 2 saturated heterocycles. The van der Waals surface area contributed by atoms with E-state index in [1.54, 1.807) is 0 Å². The molecule has 0 aromatic heterocycles. The Morgan fingerprint density at radius 1 is 1.27 bits per heavy atom. The Labute approximate surface area is 163 Å². The van der Waals surface area contributed by atoms with Crippen molar-refractivity contribution in [3.8, 4) is 0 Å². The van der Waals surface area contributed by atoms with Gasteiger partial charge in [-0.2, -0.15) is 11.8 Å². The highest BCUT2D eigenvalue weighted by atomic mass is 32.2. The van der Waals surface area contributed by atoms with Gasteiger partial charge in [-0.25, -0.2) is 5.43 Å². The molecule has 5 nitrogen and oxygen atoms in total. The average molecular weight is 384 g/mol. The zero-order valence-electron chi connectivity index (χ0n) is 16.7. The highest BCUT2D eigenvalue weighted by Crippen LogP contribution is 2.35. The molecule has 26 heavy (non-hydrogen) atoms. The van der Waals surface area contributed by atoms with E-state index in [4.69, 9.17) is 4.74 Å². The fraction of sp³-hybridized carbons (Fsp3) is 0.950. The minimum Gasteiger partial charge on any atom is -0.368 e. The summed E-state index contributed by atoms with van der Waals surface area (Å²) in [6, 6.07) is 0. The molecule has 3 fully saturated rings. The number of hydrogen-bond acceptors (Lipinski definition) is 5. The molecule has 1 aliphatic carbocycles. The van der Waals surface area contributed by atoms with Crippen LogP contribution in [0.5, 0.6) is 0 Å². The van der Waals surface area contributed by atoms with E-state index in [9.17, 15) is 4.79 Å². The van der Waals surface area contributed by atoms with Gasteiger partial charge in [-0.1, -0.05) is 27.2 Å². The average Bonchev–Trinajstić information content (AvgIpc) is 3.30. The zero-order chi connectivity index (χ0) is 18.5. The molecule has 0 aromatic carbocycles. The first-order valence-electron chi connectivity index (χ1n) is 10.6. The van der Waals surface area contributed by atoms with Crippen LogP contribution in [0.4, 0.5) is 0 Å². The topological polar surface area (TPSA) is 53.6 Å². The van der Waals surface area contributed by atoms with Crippen LogP contribution in [-0.4, -0.2) is 53.8 Å². The summed E-state index contributed by atoms with van der Waals surface area (Å²) in [5, 5.41) is 0.583. The first-order chi connectivity index (χ1) is 12.5. The summed E-state index contributed by atoms with van der Waals surface area (Å²) >= 11 is 2.01. The van der Waals surface area contributed by atoms with Gasteiger partial charge in [0.05, 0.1) is 12.3 Å². The maximum atomic E-state index is 13.0. The monoisotopic (exact) mass is 383 g/mol. The van der Waals surface area contributed by atoms with Crippen LogP contribution < -0.4 is 10.9 Å². The molecule has 1 amide bonds. The largest absolute Gasteiger partial charge is 0.368 e. The molecule has 0 spiro atoms. The second-order valence-electron chi connectivity index (χ2n) is 8.73. The third kappa shape index (κ3) is 5.37. The van der Waals surface area contributed by atoms with Gasteiger partial charge in [-0.3, -0.25) is 10.2 Å². The van der Waals surface area contributed by atoms with Gasteiger partial charge in [-0.15, -0.1) is 0 Å². The van der Waals surface area contributed by atoms with Crippen molar-refractivity contribution in [1.29, 1.82) is 0 Å². The van der Waals surface area contributed by atoms with Gasteiger partial charge < -0.3 is 9.64 Å². The van der Waals surface area contributed by atoms with Gasteiger partial charge >= 0.3 is 0 Å².